The highest BCUT2D eigenvalue weighted by Crippen LogP contribution is 2.16. The average molecular weight is 231 g/mol. The third kappa shape index (κ3) is 3.21. The molecule has 0 aromatic heterocycles. The van der Waals surface area contributed by atoms with Crippen LogP contribution in [-0.4, -0.2) is 47.4 Å². The van der Waals surface area contributed by atoms with Crippen molar-refractivity contribution >= 4 is 17.5 Å². The number of piperazine rings is 1. The molecule has 0 aromatic carbocycles. The minimum Gasteiger partial charge on any atom is -0.335 e. The van der Waals surface area contributed by atoms with E-state index in [1.165, 1.54) is 0 Å². The Bertz CT molecular complexity index is 262. The van der Waals surface area contributed by atoms with Crippen LogP contribution in [0, 0.1) is 0 Å². The molecular formula is C11H19ClN2O. The molecular weight excluding hydrogens is 212 g/mol. The number of halogens is 1. The van der Waals surface area contributed by atoms with Crippen LogP contribution in [0.15, 0.2) is 11.6 Å². The standard InChI is InChI=1S/C11H19ClN2O/c1-9(12)10(15)13-5-7-14(8-6-13)11(2,3)4/h1,5-8H2,2-4H3. The molecule has 1 rings (SSSR count). The molecule has 1 aliphatic rings. The summed E-state index contributed by atoms with van der Waals surface area (Å²) in [5.74, 6) is -0.134. The van der Waals surface area contributed by atoms with Crippen LogP contribution in [0.5, 0.6) is 0 Å². The van der Waals surface area contributed by atoms with E-state index in [0.29, 0.717) is 0 Å². The van der Waals surface area contributed by atoms with E-state index in [0.717, 1.165) is 26.2 Å². The largest absolute Gasteiger partial charge is 0.335 e. The number of carbonyl (C=O) groups excluding carboxylic acids is 1. The molecule has 1 amide bonds. The van der Waals surface area contributed by atoms with Gasteiger partial charge in [-0.05, 0) is 20.8 Å². The average Bonchev–Trinajstić information content (AvgIpc) is 2.15. The zero-order valence-electron chi connectivity index (χ0n) is 9.72. The summed E-state index contributed by atoms with van der Waals surface area (Å²) in [5, 5.41) is 0.110. The molecule has 1 heterocycles. The van der Waals surface area contributed by atoms with Crippen molar-refractivity contribution in [1.82, 2.24) is 9.80 Å². The lowest BCUT2D eigenvalue weighted by molar-refractivity contribution is -0.128. The van der Waals surface area contributed by atoms with E-state index in [9.17, 15) is 4.79 Å². The number of amides is 1. The number of rotatable bonds is 1. The first-order valence-corrected chi connectivity index (χ1v) is 5.59. The van der Waals surface area contributed by atoms with E-state index < -0.39 is 0 Å². The minimum atomic E-state index is -0.134. The normalized spacial score (nSPS) is 19.1. The second kappa shape index (κ2) is 4.54. The van der Waals surface area contributed by atoms with Crippen LogP contribution < -0.4 is 0 Å². The number of nitrogens with zero attached hydrogens (tertiary/aromatic N) is 2. The molecule has 1 aliphatic heterocycles. The molecule has 86 valence electrons. The monoisotopic (exact) mass is 230 g/mol. The van der Waals surface area contributed by atoms with Crippen molar-refractivity contribution < 1.29 is 4.79 Å². The Morgan fingerprint density at radius 1 is 1.20 bits per heavy atom. The summed E-state index contributed by atoms with van der Waals surface area (Å²) in [4.78, 5) is 15.7. The maximum Gasteiger partial charge on any atom is 0.264 e. The van der Waals surface area contributed by atoms with Crippen LogP contribution in [0.3, 0.4) is 0 Å². The summed E-state index contributed by atoms with van der Waals surface area (Å²) < 4.78 is 0. The van der Waals surface area contributed by atoms with E-state index in [1.54, 1.807) is 4.90 Å². The summed E-state index contributed by atoms with van der Waals surface area (Å²) in [5.41, 5.74) is 0.174. The second-order valence-corrected chi connectivity index (χ2v) is 5.31. The summed E-state index contributed by atoms with van der Waals surface area (Å²) in [7, 11) is 0. The molecule has 0 radical (unpaired) electrons. The first kappa shape index (κ1) is 12.5. The molecule has 1 fully saturated rings. The van der Waals surface area contributed by atoms with Crippen LogP contribution in [-0.2, 0) is 4.79 Å². The Hall–Kier alpha value is -0.540. The van der Waals surface area contributed by atoms with Gasteiger partial charge in [-0.1, -0.05) is 18.2 Å². The van der Waals surface area contributed by atoms with Gasteiger partial charge in [0.15, 0.2) is 0 Å². The molecule has 0 aromatic rings. The van der Waals surface area contributed by atoms with Crippen molar-refractivity contribution in [3.63, 3.8) is 0 Å². The van der Waals surface area contributed by atoms with E-state index in [4.69, 9.17) is 11.6 Å². The fourth-order valence-electron chi connectivity index (χ4n) is 1.75. The molecule has 15 heavy (non-hydrogen) atoms. The lowest BCUT2D eigenvalue weighted by Gasteiger charge is -2.42. The molecule has 0 saturated carbocycles. The Balaban J connectivity index is 2.50. The molecule has 0 N–H and O–H groups in total. The molecule has 0 bridgehead atoms. The topological polar surface area (TPSA) is 23.6 Å². The van der Waals surface area contributed by atoms with E-state index >= 15 is 0 Å². The molecule has 1 saturated heterocycles. The Kier molecular flexibility index (Phi) is 3.79. The highest BCUT2D eigenvalue weighted by molar-refractivity contribution is 6.41. The number of carbonyl (C=O) groups is 1. The van der Waals surface area contributed by atoms with Crippen molar-refractivity contribution in [2.45, 2.75) is 26.3 Å². The van der Waals surface area contributed by atoms with Gasteiger partial charge in [-0.15, -0.1) is 0 Å². The van der Waals surface area contributed by atoms with Crippen molar-refractivity contribution in [3.05, 3.63) is 11.6 Å². The van der Waals surface area contributed by atoms with Gasteiger partial charge in [0.2, 0.25) is 0 Å². The number of hydrogen-bond acceptors (Lipinski definition) is 2. The summed E-state index contributed by atoms with van der Waals surface area (Å²) >= 11 is 5.59. The van der Waals surface area contributed by atoms with E-state index in [-0.39, 0.29) is 16.5 Å². The maximum absolute atomic E-state index is 11.5. The third-order valence-corrected chi connectivity index (χ3v) is 2.91. The minimum absolute atomic E-state index is 0.110. The summed E-state index contributed by atoms with van der Waals surface area (Å²) in [6, 6.07) is 0. The van der Waals surface area contributed by atoms with Gasteiger partial charge in [-0.3, -0.25) is 9.69 Å². The molecule has 3 nitrogen and oxygen atoms in total. The lowest BCUT2D eigenvalue weighted by Crippen LogP contribution is -2.54. The predicted molar refractivity (Wildman–Crippen MR) is 62.9 cm³/mol. The molecule has 0 atom stereocenters. The zero-order chi connectivity index (χ0) is 11.6. The maximum atomic E-state index is 11.5. The van der Waals surface area contributed by atoms with Crippen LogP contribution in [0.1, 0.15) is 20.8 Å². The van der Waals surface area contributed by atoms with Crippen molar-refractivity contribution in [2.75, 3.05) is 26.2 Å². The van der Waals surface area contributed by atoms with Gasteiger partial charge in [0, 0.05) is 31.7 Å². The van der Waals surface area contributed by atoms with Gasteiger partial charge in [-0.2, -0.15) is 0 Å². The SMILES string of the molecule is C=C(Cl)C(=O)N1CCN(C(C)(C)C)CC1. The highest BCUT2D eigenvalue weighted by atomic mass is 35.5. The quantitative estimate of drug-likeness (QED) is 0.640. The smallest absolute Gasteiger partial charge is 0.264 e. The van der Waals surface area contributed by atoms with Gasteiger partial charge in [0.25, 0.3) is 5.91 Å². The first-order chi connectivity index (χ1) is 6.82. The molecule has 4 heteroatoms. The molecule has 0 aliphatic carbocycles. The Morgan fingerprint density at radius 3 is 2.00 bits per heavy atom. The van der Waals surface area contributed by atoms with Gasteiger partial charge in [0.1, 0.15) is 0 Å². The molecule has 0 spiro atoms. The van der Waals surface area contributed by atoms with Crippen LogP contribution >= 0.6 is 11.6 Å². The fraction of sp³-hybridized carbons (Fsp3) is 0.727. The van der Waals surface area contributed by atoms with Gasteiger partial charge < -0.3 is 4.90 Å². The lowest BCUT2D eigenvalue weighted by atomic mass is 10.1. The zero-order valence-corrected chi connectivity index (χ0v) is 10.5. The summed E-state index contributed by atoms with van der Waals surface area (Å²) in [6.07, 6.45) is 0. The first-order valence-electron chi connectivity index (χ1n) is 5.21. The Morgan fingerprint density at radius 2 is 1.67 bits per heavy atom. The highest BCUT2D eigenvalue weighted by Gasteiger charge is 2.27. The number of hydrogen-bond donors (Lipinski definition) is 0. The van der Waals surface area contributed by atoms with Crippen molar-refractivity contribution in [3.8, 4) is 0 Å². The van der Waals surface area contributed by atoms with Crippen LogP contribution in [0.4, 0.5) is 0 Å². The van der Waals surface area contributed by atoms with Gasteiger partial charge in [-0.25, -0.2) is 0 Å². The van der Waals surface area contributed by atoms with Crippen molar-refractivity contribution in [1.29, 1.82) is 0 Å². The van der Waals surface area contributed by atoms with Crippen LogP contribution in [0.25, 0.3) is 0 Å². The van der Waals surface area contributed by atoms with E-state index in [1.807, 2.05) is 0 Å². The van der Waals surface area contributed by atoms with Gasteiger partial charge >= 0.3 is 0 Å². The third-order valence-electron chi connectivity index (χ3n) is 2.75. The Labute approximate surface area is 96.7 Å². The molecule has 0 unspecified atom stereocenters. The van der Waals surface area contributed by atoms with Gasteiger partial charge in [0.05, 0.1) is 5.03 Å². The van der Waals surface area contributed by atoms with Crippen LogP contribution in [0.2, 0.25) is 0 Å². The van der Waals surface area contributed by atoms with Crippen molar-refractivity contribution in [2.24, 2.45) is 0 Å². The second-order valence-electron chi connectivity index (χ2n) is 4.85. The summed E-state index contributed by atoms with van der Waals surface area (Å²) in [6.45, 7) is 13.3. The fourth-order valence-corrected chi connectivity index (χ4v) is 1.87. The predicted octanol–water partition coefficient (Wildman–Crippen LogP) is 1.68. The van der Waals surface area contributed by atoms with E-state index in [2.05, 4.69) is 32.3 Å².